The van der Waals surface area contributed by atoms with E-state index in [2.05, 4.69) is 16.9 Å². The Hall–Kier alpha value is -1.09. The summed E-state index contributed by atoms with van der Waals surface area (Å²) < 4.78 is 0. The number of hydrogen-bond donors (Lipinski definition) is 1. The highest BCUT2D eigenvalue weighted by Crippen LogP contribution is 2.27. The SMILES string of the molecule is CN(CC1CCC1)c1ccc(CO)cn1. The Morgan fingerprint density at radius 2 is 2.27 bits per heavy atom. The van der Waals surface area contributed by atoms with E-state index in [9.17, 15) is 0 Å². The zero-order valence-corrected chi connectivity index (χ0v) is 9.19. The molecular weight excluding hydrogens is 188 g/mol. The third-order valence-corrected chi connectivity index (χ3v) is 3.14. The van der Waals surface area contributed by atoms with Crippen molar-refractivity contribution in [3.05, 3.63) is 23.9 Å². The first kappa shape index (κ1) is 10.4. The molecule has 1 aromatic rings. The van der Waals surface area contributed by atoms with E-state index >= 15 is 0 Å². The summed E-state index contributed by atoms with van der Waals surface area (Å²) in [4.78, 5) is 6.53. The maximum Gasteiger partial charge on any atom is 0.128 e. The summed E-state index contributed by atoms with van der Waals surface area (Å²) in [7, 11) is 2.08. The molecule has 0 radical (unpaired) electrons. The number of anilines is 1. The second kappa shape index (κ2) is 4.62. The summed E-state index contributed by atoms with van der Waals surface area (Å²) in [5.74, 6) is 1.86. The molecule has 0 spiro atoms. The molecule has 15 heavy (non-hydrogen) atoms. The van der Waals surface area contributed by atoms with E-state index in [1.807, 2.05) is 12.1 Å². The van der Waals surface area contributed by atoms with Crippen LogP contribution in [-0.4, -0.2) is 23.7 Å². The molecule has 1 N–H and O–H groups in total. The Morgan fingerprint density at radius 1 is 1.47 bits per heavy atom. The van der Waals surface area contributed by atoms with Crippen LogP contribution in [0.15, 0.2) is 18.3 Å². The van der Waals surface area contributed by atoms with Crippen LogP contribution in [0.4, 0.5) is 5.82 Å². The van der Waals surface area contributed by atoms with Crippen LogP contribution in [0, 0.1) is 5.92 Å². The number of nitrogens with zero attached hydrogens (tertiary/aromatic N) is 2. The Bertz CT molecular complexity index is 306. The standard InChI is InChI=1S/C12H18N2O/c1-14(8-10-3-2-4-10)12-6-5-11(9-15)7-13-12/h5-7,10,15H,2-4,8-9H2,1H3. The van der Waals surface area contributed by atoms with Crippen molar-refractivity contribution in [3.63, 3.8) is 0 Å². The molecule has 82 valence electrons. The van der Waals surface area contributed by atoms with Crippen molar-refractivity contribution in [2.45, 2.75) is 25.9 Å². The molecule has 0 bridgehead atoms. The number of aliphatic hydroxyl groups excluding tert-OH is 1. The lowest BCUT2D eigenvalue weighted by Crippen LogP contribution is -2.29. The van der Waals surface area contributed by atoms with Gasteiger partial charge in [-0.25, -0.2) is 4.98 Å². The van der Waals surface area contributed by atoms with Gasteiger partial charge in [0.25, 0.3) is 0 Å². The van der Waals surface area contributed by atoms with Gasteiger partial charge >= 0.3 is 0 Å². The van der Waals surface area contributed by atoms with Crippen LogP contribution in [0.1, 0.15) is 24.8 Å². The van der Waals surface area contributed by atoms with E-state index < -0.39 is 0 Å². The van der Waals surface area contributed by atoms with Crippen LogP contribution in [0.5, 0.6) is 0 Å². The number of aliphatic hydroxyl groups is 1. The molecule has 1 aliphatic carbocycles. The van der Waals surface area contributed by atoms with Crippen molar-refractivity contribution >= 4 is 5.82 Å². The van der Waals surface area contributed by atoms with E-state index in [1.54, 1.807) is 6.20 Å². The van der Waals surface area contributed by atoms with Crippen molar-refractivity contribution in [1.29, 1.82) is 0 Å². The van der Waals surface area contributed by atoms with Gasteiger partial charge < -0.3 is 10.0 Å². The molecule has 2 rings (SSSR count). The third-order valence-electron chi connectivity index (χ3n) is 3.14. The zero-order chi connectivity index (χ0) is 10.7. The topological polar surface area (TPSA) is 36.4 Å². The van der Waals surface area contributed by atoms with Crippen molar-refractivity contribution < 1.29 is 5.11 Å². The van der Waals surface area contributed by atoms with Crippen LogP contribution in [0.2, 0.25) is 0 Å². The molecule has 1 aromatic heterocycles. The van der Waals surface area contributed by atoms with Crippen LogP contribution in [-0.2, 0) is 6.61 Å². The minimum atomic E-state index is 0.0691. The van der Waals surface area contributed by atoms with Crippen LogP contribution >= 0.6 is 0 Å². The van der Waals surface area contributed by atoms with Gasteiger partial charge in [0.2, 0.25) is 0 Å². The van der Waals surface area contributed by atoms with Crippen LogP contribution < -0.4 is 4.90 Å². The quantitative estimate of drug-likeness (QED) is 0.816. The minimum Gasteiger partial charge on any atom is -0.392 e. The Balaban J connectivity index is 1.94. The normalized spacial score (nSPS) is 16.1. The number of hydrogen-bond acceptors (Lipinski definition) is 3. The summed E-state index contributed by atoms with van der Waals surface area (Å²) in [6.45, 7) is 1.17. The van der Waals surface area contributed by atoms with E-state index in [0.717, 1.165) is 23.8 Å². The van der Waals surface area contributed by atoms with Crippen molar-refractivity contribution in [2.75, 3.05) is 18.5 Å². The maximum atomic E-state index is 8.91. The van der Waals surface area contributed by atoms with Gasteiger partial charge in [0.05, 0.1) is 6.61 Å². The maximum absolute atomic E-state index is 8.91. The van der Waals surface area contributed by atoms with Crippen LogP contribution in [0.25, 0.3) is 0 Å². The second-order valence-electron chi connectivity index (χ2n) is 4.36. The fourth-order valence-corrected chi connectivity index (χ4v) is 1.89. The van der Waals surface area contributed by atoms with Crippen molar-refractivity contribution in [3.8, 4) is 0 Å². The molecule has 0 aromatic carbocycles. The molecule has 1 heterocycles. The van der Waals surface area contributed by atoms with Gasteiger partial charge in [-0.1, -0.05) is 12.5 Å². The van der Waals surface area contributed by atoms with E-state index in [-0.39, 0.29) is 6.61 Å². The molecule has 0 amide bonds. The van der Waals surface area contributed by atoms with Gasteiger partial charge in [-0.05, 0) is 30.4 Å². The molecule has 0 unspecified atom stereocenters. The summed E-state index contributed by atoms with van der Waals surface area (Å²) in [6.07, 6.45) is 5.85. The third kappa shape index (κ3) is 2.48. The van der Waals surface area contributed by atoms with Gasteiger partial charge in [-0.15, -0.1) is 0 Å². The molecule has 1 saturated carbocycles. The molecule has 1 fully saturated rings. The molecule has 3 heteroatoms. The summed E-state index contributed by atoms with van der Waals surface area (Å²) in [5.41, 5.74) is 0.871. The predicted octanol–water partition coefficient (Wildman–Crippen LogP) is 1.81. The van der Waals surface area contributed by atoms with Crippen molar-refractivity contribution in [2.24, 2.45) is 5.92 Å². The highest BCUT2D eigenvalue weighted by molar-refractivity contribution is 5.38. The summed E-state index contributed by atoms with van der Waals surface area (Å²) in [6, 6.07) is 3.91. The predicted molar refractivity (Wildman–Crippen MR) is 60.8 cm³/mol. The van der Waals surface area contributed by atoms with E-state index in [1.165, 1.54) is 19.3 Å². The number of rotatable bonds is 4. The van der Waals surface area contributed by atoms with Gasteiger partial charge in [-0.2, -0.15) is 0 Å². The Labute approximate surface area is 90.8 Å². The Kier molecular flexibility index (Phi) is 3.21. The van der Waals surface area contributed by atoms with Gasteiger partial charge in [0, 0.05) is 19.8 Å². The highest BCUT2D eigenvalue weighted by atomic mass is 16.3. The fourth-order valence-electron chi connectivity index (χ4n) is 1.89. The first-order valence-electron chi connectivity index (χ1n) is 5.56. The van der Waals surface area contributed by atoms with Gasteiger partial charge in [0.15, 0.2) is 0 Å². The lowest BCUT2D eigenvalue weighted by atomic mass is 9.85. The fraction of sp³-hybridized carbons (Fsp3) is 0.583. The monoisotopic (exact) mass is 206 g/mol. The highest BCUT2D eigenvalue weighted by Gasteiger charge is 2.19. The Morgan fingerprint density at radius 3 is 2.73 bits per heavy atom. The van der Waals surface area contributed by atoms with Crippen molar-refractivity contribution in [1.82, 2.24) is 4.98 Å². The number of pyridine rings is 1. The summed E-state index contributed by atoms with van der Waals surface area (Å²) in [5, 5.41) is 8.91. The van der Waals surface area contributed by atoms with E-state index in [0.29, 0.717) is 0 Å². The lowest BCUT2D eigenvalue weighted by Gasteiger charge is -2.30. The molecule has 0 atom stereocenters. The van der Waals surface area contributed by atoms with Crippen LogP contribution in [0.3, 0.4) is 0 Å². The zero-order valence-electron chi connectivity index (χ0n) is 9.19. The average molecular weight is 206 g/mol. The molecule has 0 aliphatic heterocycles. The average Bonchev–Trinajstić information content (AvgIpc) is 2.23. The minimum absolute atomic E-state index is 0.0691. The summed E-state index contributed by atoms with van der Waals surface area (Å²) >= 11 is 0. The van der Waals surface area contributed by atoms with Gasteiger partial charge in [-0.3, -0.25) is 0 Å². The first-order chi connectivity index (χ1) is 7.29. The molecular formula is C12H18N2O. The molecule has 0 saturated heterocycles. The molecule has 1 aliphatic rings. The second-order valence-corrected chi connectivity index (χ2v) is 4.36. The lowest BCUT2D eigenvalue weighted by molar-refractivity contribution is 0.281. The molecule has 3 nitrogen and oxygen atoms in total. The first-order valence-corrected chi connectivity index (χ1v) is 5.56. The van der Waals surface area contributed by atoms with E-state index in [4.69, 9.17) is 5.11 Å². The largest absolute Gasteiger partial charge is 0.392 e. The van der Waals surface area contributed by atoms with Gasteiger partial charge in [0.1, 0.15) is 5.82 Å². The smallest absolute Gasteiger partial charge is 0.128 e. The number of aromatic nitrogens is 1.